The summed E-state index contributed by atoms with van der Waals surface area (Å²) in [6.45, 7) is 0.499. The first-order valence-corrected chi connectivity index (χ1v) is 9.62. The molecule has 0 saturated carbocycles. The van der Waals surface area contributed by atoms with Gasteiger partial charge in [-0.1, -0.05) is 28.9 Å². The molecule has 1 aromatic carbocycles. The third-order valence-electron chi connectivity index (χ3n) is 5.17. The Kier molecular flexibility index (Phi) is 4.52. The number of aryl methyl sites for hydroxylation is 1. The Balaban J connectivity index is 1.34. The second-order valence-corrected chi connectivity index (χ2v) is 7.55. The van der Waals surface area contributed by atoms with Crippen LogP contribution in [0.15, 0.2) is 49.1 Å². The van der Waals surface area contributed by atoms with Crippen LogP contribution >= 0.6 is 11.6 Å². The van der Waals surface area contributed by atoms with Crippen molar-refractivity contribution in [1.82, 2.24) is 24.3 Å². The predicted octanol–water partition coefficient (Wildman–Crippen LogP) is 2.02. The molecule has 5 rings (SSSR count). The van der Waals surface area contributed by atoms with Gasteiger partial charge in [0.25, 0.3) is 11.3 Å². The summed E-state index contributed by atoms with van der Waals surface area (Å²) in [5.74, 6) is 0.120. The SMILES string of the molecule is Cn1c(=O)oc2ncn(Cc3nc([C@@H]4CO[C@@H](c5ccc(Cl)cc5)C4)no3)c(=O)c21. The van der Waals surface area contributed by atoms with Crippen molar-refractivity contribution < 1.29 is 13.7 Å². The molecule has 1 fully saturated rings. The van der Waals surface area contributed by atoms with Crippen LogP contribution < -0.4 is 11.3 Å². The van der Waals surface area contributed by atoms with Gasteiger partial charge in [0.15, 0.2) is 11.3 Å². The molecule has 0 spiro atoms. The molecule has 3 aromatic heterocycles. The number of rotatable bonds is 4. The number of hydrogen-bond acceptors (Lipinski definition) is 8. The Hall–Kier alpha value is -3.24. The number of benzene rings is 1. The summed E-state index contributed by atoms with van der Waals surface area (Å²) in [6.07, 6.45) is 1.93. The average molecular weight is 430 g/mol. The number of oxazole rings is 1. The summed E-state index contributed by atoms with van der Waals surface area (Å²) in [5, 5.41) is 4.73. The van der Waals surface area contributed by atoms with Gasteiger partial charge in [-0.05, 0) is 24.1 Å². The van der Waals surface area contributed by atoms with Crippen molar-refractivity contribution in [2.45, 2.75) is 25.0 Å². The van der Waals surface area contributed by atoms with Crippen LogP contribution in [0, 0.1) is 0 Å². The second kappa shape index (κ2) is 7.22. The molecule has 10 nitrogen and oxygen atoms in total. The summed E-state index contributed by atoms with van der Waals surface area (Å²) in [7, 11) is 1.45. The number of hydrogen-bond donors (Lipinski definition) is 0. The highest BCUT2D eigenvalue weighted by Gasteiger charge is 2.31. The summed E-state index contributed by atoms with van der Waals surface area (Å²) in [4.78, 5) is 32.7. The summed E-state index contributed by atoms with van der Waals surface area (Å²) >= 11 is 5.94. The van der Waals surface area contributed by atoms with Crippen molar-refractivity contribution in [2.75, 3.05) is 6.61 Å². The number of nitrogens with zero attached hydrogens (tertiary/aromatic N) is 5. The van der Waals surface area contributed by atoms with Crippen LogP contribution in [0.5, 0.6) is 0 Å². The summed E-state index contributed by atoms with van der Waals surface area (Å²) in [5.41, 5.74) is 0.686. The highest BCUT2D eigenvalue weighted by molar-refractivity contribution is 6.30. The van der Waals surface area contributed by atoms with Crippen LogP contribution in [-0.2, 0) is 18.3 Å². The van der Waals surface area contributed by atoms with Crippen LogP contribution in [0.1, 0.15) is 35.7 Å². The normalized spacial score (nSPS) is 19.0. The molecule has 0 unspecified atom stereocenters. The molecule has 2 atom stereocenters. The van der Waals surface area contributed by atoms with Crippen molar-refractivity contribution in [3.8, 4) is 0 Å². The number of halogens is 1. The first-order valence-electron chi connectivity index (χ1n) is 9.24. The first-order chi connectivity index (χ1) is 14.5. The summed E-state index contributed by atoms with van der Waals surface area (Å²) < 4.78 is 18.5. The topological polar surface area (TPSA) is 118 Å². The molecule has 1 saturated heterocycles. The van der Waals surface area contributed by atoms with E-state index in [1.165, 1.54) is 17.9 Å². The van der Waals surface area contributed by atoms with Crippen molar-refractivity contribution >= 4 is 22.8 Å². The van der Waals surface area contributed by atoms with Crippen LogP contribution in [0.4, 0.5) is 0 Å². The minimum absolute atomic E-state index is 0.00804. The number of ether oxygens (including phenoxy) is 1. The van der Waals surface area contributed by atoms with Gasteiger partial charge in [0, 0.05) is 18.0 Å². The lowest BCUT2D eigenvalue weighted by Gasteiger charge is -2.09. The Morgan fingerprint density at radius 1 is 1.23 bits per heavy atom. The zero-order chi connectivity index (χ0) is 20.8. The molecule has 1 aliphatic heterocycles. The third-order valence-corrected chi connectivity index (χ3v) is 5.42. The molecule has 154 valence electrons. The van der Waals surface area contributed by atoms with Gasteiger partial charge in [-0.3, -0.25) is 13.9 Å². The highest BCUT2D eigenvalue weighted by Crippen LogP contribution is 2.37. The van der Waals surface area contributed by atoms with E-state index in [9.17, 15) is 9.59 Å². The molecule has 30 heavy (non-hydrogen) atoms. The quantitative estimate of drug-likeness (QED) is 0.483. The van der Waals surface area contributed by atoms with E-state index in [0.717, 1.165) is 10.1 Å². The van der Waals surface area contributed by atoms with Crippen LogP contribution in [0.25, 0.3) is 11.2 Å². The maximum absolute atomic E-state index is 12.6. The lowest BCUT2D eigenvalue weighted by atomic mass is 10.0. The molecular formula is C19H16ClN5O5. The number of fused-ring (bicyclic) bond motifs is 1. The minimum Gasteiger partial charge on any atom is -0.388 e. The van der Waals surface area contributed by atoms with Crippen molar-refractivity contribution in [1.29, 1.82) is 0 Å². The van der Waals surface area contributed by atoms with Gasteiger partial charge in [-0.2, -0.15) is 4.98 Å². The first kappa shape index (κ1) is 18.8. The van der Waals surface area contributed by atoms with Crippen molar-refractivity contribution in [3.63, 3.8) is 0 Å². The van der Waals surface area contributed by atoms with Gasteiger partial charge in [-0.25, -0.2) is 9.78 Å². The zero-order valence-electron chi connectivity index (χ0n) is 15.8. The van der Waals surface area contributed by atoms with Crippen LogP contribution in [0.2, 0.25) is 5.02 Å². The van der Waals surface area contributed by atoms with Crippen LogP contribution in [0.3, 0.4) is 0 Å². The molecule has 0 radical (unpaired) electrons. The monoisotopic (exact) mass is 429 g/mol. The van der Waals surface area contributed by atoms with E-state index in [0.29, 0.717) is 23.9 Å². The lowest BCUT2D eigenvalue weighted by molar-refractivity contribution is 0.110. The Labute approximate surface area is 173 Å². The van der Waals surface area contributed by atoms with Gasteiger partial charge in [-0.15, -0.1) is 0 Å². The lowest BCUT2D eigenvalue weighted by Crippen LogP contribution is -2.24. The van der Waals surface area contributed by atoms with Crippen molar-refractivity contribution in [2.24, 2.45) is 7.05 Å². The minimum atomic E-state index is -0.649. The van der Waals surface area contributed by atoms with E-state index in [2.05, 4.69) is 15.1 Å². The van der Waals surface area contributed by atoms with Gasteiger partial charge < -0.3 is 13.7 Å². The molecule has 0 N–H and O–H groups in total. The second-order valence-electron chi connectivity index (χ2n) is 7.11. The standard InChI is InChI=1S/C19H16ClN5O5/c1-24-15-17(29-19(24)27)21-9-25(18(15)26)7-14-22-16(23-30-14)11-6-13(28-8-11)10-2-4-12(20)5-3-10/h2-5,9,11,13H,6-8H2,1H3/t11-,13+/m0/s1. The molecule has 4 aromatic rings. The maximum Gasteiger partial charge on any atom is 0.421 e. The fraction of sp³-hybridized carbons (Fsp3) is 0.316. The Morgan fingerprint density at radius 3 is 2.83 bits per heavy atom. The molecule has 1 aliphatic rings. The Morgan fingerprint density at radius 2 is 2.03 bits per heavy atom. The fourth-order valence-electron chi connectivity index (χ4n) is 3.54. The van der Waals surface area contributed by atoms with Crippen molar-refractivity contribution in [3.05, 3.63) is 73.8 Å². The third kappa shape index (κ3) is 3.23. The molecule has 0 amide bonds. The number of aromatic nitrogens is 5. The predicted molar refractivity (Wildman–Crippen MR) is 104 cm³/mol. The molecule has 0 aliphatic carbocycles. The summed E-state index contributed by atoms with van der Waals surface area (Å²) in [6, 6.07) is 7.54. The van der Waals surface area contributed by atoms with E-state index in [1.807, 2.05) is 24.3 Å². The Bertz CT molecular complexity index is 1340. The molecule has 11 heteroatoms. The van der Waals surface area contributed by atoms with E-state index in [-0.39, 0.29) is 35.7 Å². The smallest absolute Gasteiger partial charge is 0.388 e. The molecular weight excluding hydrogens is 414 g/mol. The van der Waals surface area contributed by atoms with E-state index in [1.54, 1.807) is 0 Å². The zero-order valence-corrected chi connectivity index (χ0v) is 16.6. The van der Waals surface area contributed by atoms with E-state index in [4.69, 9.17) is 25.3 Å². The van der Waals surface area contributed by atoms with Crippen LogP contribution in [-0.4, -0.2) is 30.9 Å². The average Bonchev–Trinajstić information content (AvgIpc) is 3.45. The van der Waals surface area contributed by atoms with Gasteiger partial charge in [0.1, 0.15) is 12.9 Å². The maximum atomic E-state index is 12.6. The van der Waals surface area contributed by atoms with Gasteiger partial charge >= 0.3 is 5.76 Å². The van der Waals surface area contributed by atoms with Gasteiger partial charge in [0.2, 0.25) is 5.89 Å². The highest BCUT2D eigenvalue weighted by atomic mass is 35.5. The molecule has 4 heterocycles. The van der Waals surface area contributed by atoms with Gasteiger partial charge in [0.05, 0.1) is 12.7 Å². The molecule has 0 bridgehead atoms. The van der Waals surface area contributed by atoms with E-state index < -0.39 is 11.3 Å². The largest absolute Gasteiger partial charge is 0.421 e. The fourth-order valence-corrected chi connectivity index (χ4v) is 3.67. The van der Waals surface area contributed by atoms with E-state index >= 15 is 0 Å².